The van der Waals surface area contributed by atoms with Gasteiger partial charge in [-0.3, -0.25) is 0 Å². The lowest BCUT2D eigenvalue weighted by atomic mass is 10.1. The Morgan fingerprint density at radius 1 is 1.16 bits per heavy atom. The van der Waals surface area contributed by atoms with E-state index in [9.17, 15) is 8.42 Å². The van der Waals surface area contributed by atoms with E-state index in [4.69, 9.17) is 0 Å². The first-order valence-corrected chi connectivity index (χ1v) is 8.44. The van der Waals surface area contributed by atoms with Gasteiger partial charge in [0.2, 0.25) is 0 Å². The van der Waals surface area contributed by atoms with Gasteiger partial charge in [0, 0.05) is 12.6 Å². The van der Waals surface area contributed by atoms with E-state index in [1.807, 2.05) is 18.2 Å². The third kappa shape index (κ3) is 4.62. The predicted octanol–water partition coefficient (Wildman–Crippen LogP) is 2.94. The first-order valence-electron chi connectivity index (χ1n) is 6.78. The Labute approximate surface area is 117 Å². The van der Waals surface area contributed by atoms with E-state index >= 15 is 0 Å². The van der Waals surface area contributed by atoms with Crippen molar-refractivity contribution in [3.63, 3.8) is 0 Å². The second-order valence-corrected chi connectivity index (χ2v) is 8.62. The molecule has 4 heteroatoms. The maximum atomic E-state index is 12.0. The SMILES string of the molecule is CCC(NCCS(=O)(=O)C(C)(C)C)c1ccccc1. The number of sulfone groups is 1. The van der Waals surface area contributed by atoms with E-state index in [1.54, 1.807) is 20.8 Å². The number of benzene rings is 1. The summed E-state index contributed by atoms with van der Waals surface area (Å²) in [5, 5.41) is 3.33. The van der Waals surface area contributed by atoms with Gasteiger partial charge in [0.25, 0.3) is 0 Å². The van der Waals surface area contributed by atoms with E-state index < -0.39 is 14.6 Å². The van der Waals surface area contributed by atoms with Gasteiger partial charge in [-0.1, -0.05) is 37.3 Å². The van der Waals surface area contributed by atoms with Crippen LogP contribution in [0, 0.1) is 0 Å². The summed E-state index contributed by atoms with van der Waals surface area (Å²) in [6.07, 6.45) is 0.944. The maximum Gasteiger partial charge on any atom is 0.156 e. The molecule has 1 atom stereocenters. The predicted molar refractivity (Wildman–Crippen MR) is 81.0 cm³/mol. The van der Waals surface area contributed by atoms with Crippen LogP contribution in [0.4, 0.5) is 0 Å². The zero-order valence-electron chi connectivity index (χ0n) is 12.3. The molecule has 1 aromatic carbocycles. The van der Waals surface area contributed by atoms with Gasteiger partial charge in [-0.15, -0.1) is 0 Å². The van der Waals surface area contributed by atoms with Gasteiger partial charge < -0.3 is 5.32 Å². The molecule has 0 amide bonds. The molecular formula is C15H25NO2S. The molecule has 0 aromatic heterocycles. The molecular weight excluding hydrogens is 258 g/mol. The third-order valence-electron chi connectivity index (χ3n) is 3.30. The van der Waals surface area contributed by atoms with Crippen molar-refractivity contribution in [2.45, 2.75) is 44.9 Å². The molecule has 0 saturated carbocycles. The van der Waals surface area contributed by atoms with Gasteiger partial charge in [-0.25, -0.2) is 8.42 Å². The van der Waals surface area contributed by atoms with E-state index in [-0.39, 0.29) is 11.8 Å². The summed E-state index contributed by atoms with van der Waals surface area (Å²) in [6, 6.07) is 10.4. The molecule has 0 heterocycles. The minimum Gasteiger partial charge on any atom is -0.309 e. The summed E-state index contributed by atoms with van der Waals surface area (Å²) in [6.45, 7) is 7.83. The second-order valence-electron chi connectivity index (χ2n) is 5.76. The summed E-state index contributed by atoms with van der Waals surface area (Å²) < 4.78 is 23.4. The Bertz CT molecular complexity index is 475. The highest BCUT2D eigenvalue weighted by Gasteiger charge is 2.28. The van der Waals surface area contributed by atoms with Crippen LogP contribution in [0.25, 0.3) is 0 Å². The van der Waals surface area contributed by atoms with Crippen LogP contribution in [0.15, 0.2) is 30.3 Å². The monoisotopic (exact) mass is 283 g/mol. The molecule has 0 spiro atoms. The largest absolute Gasteiger partial charge is 0.309 e. The standard InChI is InChI=1S/C15H25NO2S/c1-5-14(13-9-7-6-8-10-13)16-11-12-19(17,18)15(2,3)4/h6-10,14,16H,5,11-12H2,1-4H3. The molecule has 1 aromatic rings. The van der Waals surface area contributed by atoms with Gasteiger partial charge in [-0.05, 0) is 32.8 Å². The molecule has 0 aliphatic rings. The van der Waals surface area contributed by atoms with Crippen LogP contribution in [0.5, 0.6) is 0 Å². The Kier molecular flexibility index (Phi) is 5.56. The van der Waals surface area contributed by atoms with Gasteiger partial charge >= 0.3 is 0 Å². The number of rotatable bonds is 6. The first-order chi connectivity index (χ1) is 8.78. The molecule has 1 rings (SSSR count). The van der Waals surface area contributed by atoms with Gasteiger partial charge in [0.1, 0.15) is 0 Å². The Hall–Kier alpha value is -0.870. The quantitative estimate of drug-likeness (QED) is 0.873. The second kappa shape index (κ2) is 6.53. The lowest BCUT2D eigenvalue weighted by Crippen LogP contribution is -2.35. The van der Waals surface area contributed by atoms with E-state index in [1.165, 1.54) is 5.56 Å². The maximum absolute atomic E-state index is 12.0. The smallest absolute Gasteiger partial charge is 0.156 e. The number of hydrogen-bond acceptors (Lipinski definition) is 3. The van der Waals surface area contributed by atoms with Crippen molar-refractivity contribution in [1.82, 2.24) is 5.32 Å². The number of hydrogen-bond donors (Lipinski definition) is 1. The van der Waals surface area contributed by atoms with E-state index in [2.05, 4.69) is 24.4 Å². The fourth-order valence-electron chi connectivity index (χ4n) is 1.86. The van der Waals surface area contributed by atoms with Crippen LogP contribution in [-0.4, -0.2) is 25.5 Å². The summed E-state index contributed by atoms with van der Waals surface area (Å²) in [5.74, 6) is 0.180. The molecule has 0 radical (unpaired) electrons. The highest BCUT2D eigenvalue weighted by atomic mass is 32.2. The average molecular weight is 283 g/mol. The topological polar surface area (TPSA) is 46.2 Å². The Morgan fingerprint density at radius 3 is 2.21 bits per heavy atom. The van der Waals surface area contributed by atoms with Crippen molar-refractivity contribution < 1.29 is 8.42 Å². The van der Waals surface area contributed by atoms with E-state index in [0.717, 1.165) is 6.42 Å². The fourth-order valence-corrected chi connectivity index (χ4v) is 2.86. The summed E-state index contributed by atoms with van der Waals surface area (Å²) >= 11 is 0. The van der Waals surface area contributed by atoms with Gasteiger partial charge in [0.15, 0.2) is 9.84 Å². The van der Waals surface area contributed by atoms with Crippen LogP contribution in [0.1, 0.15) is 45.7 Å². The van der Waals surface area contributed by atoms with Crippen LogP contribution in [0.2, 0.25) is 0 Å². The molecule has 0 bridgehead atoms. The van der Waals surface area contributed by atoms with Crippen molar-refractivity contribution >= 4 is 9.84 Å². The van der Waals surface area contributed by atoms with Crippen molar-refractivity contribution in [2.24, 2.45) is 0 Å². The van der Waals surface area contributed by atoms with Crippen LogP contribution in [-0.2, 0) is 9.84 Å². The molecule has 0 aliphatic heterocycles. The highest BCUT2D eigenvalue weighted by molar-refractivity contribution is 7.92. The van der Waals surface area contributed by atoms with Crippen molar-refractivity contribution in [1.29, 1.82) is 0 Å². The summed E-state index contributed by atoms with van der Waals surface area (Å²) in [4.78, 5) is 0. The van der Waals surface area contributed by atoms with Crippen molar-refractivity contribution in [2.75, 3.05) is 12.3 Å². The fraction of sp³-hybridized carbons (Fsp3) is 0.600. The lowest BCUT2D eigenvalue weighted by molar-refractivity contribution is 0.523. The zero-order valence-corrected chi connectivity index (χ0v) is 13.1. The summed E-state index contributed by atoms with van der Waals surface area (Å²) in [5.41, 5.74) is 1.21. The normalized spacial score (nSPS) is 14.3. The molecule has 1 unspecified atom stereocenters. The minimum absolute atomic E-state index is 0.180. The third-order valence-corrected chi connectivity index (χ3v) is 5.91. The lowest BCUT2D eigenvalue weighted by Gasteiger charge is -2.21. The van der Waals surface area contributed by atoms with Crippen molar-refractivity contribution in [3.8, 4) is 0 Å². The van der Waals surface area contributed by atoms with Gasteiger partial charge in [-0.2, -0.15) is 0 Å². The molecule has 108 valence electrons. The van der Waals surface area contributed by atoms with Crippen LogP contribution >= 0.6 is 0 Å². The molecule has 0 aliphatic carbocycles. The number of nitrogens with one attached hydrogen (secondary N) is 1. The summed E-state index contributed by atoms with van der Waals surface area (Å²) in [7, 11) is -3.05. The minimum atomic E-state index is -3.05. The molecule has 19 heavy (non-hydrogen) atoms. The Morgan fingerprint density at radius 2 is 1.74 bits per heavy atom. The zero-order chi connectivity index (χ0) is 14.5. The Balaban J connectivity index is 2.57. The van der Waals surface area contributed by atoms with Gasteiger partial charge in [0.05, 0.1) is 10.5 Å². The van der Waals surface area contributed by atoms with Crippen LogP contribution in [0.3, 0.4) is 0 Å². The average Bonchev–Trinajstić information content (AvgIpc) is 2.34. The molecule has 0 fully saturated rings. The molecule has 3 nitrogen and oxygen atoms in total. The van der Waals surface area contributed by atoms with E-state index in [0.29, 0.717) is 6.54 Å². The highest BCUT2D eigenvalue weighted by Crippen LogP contribution is 2.18. The van der Waals surface area contributed by atoms with Crippen LogP contribution < -0.4 is 5.32 Å². The van der Waals surface area contributed by atoms with Crippen molar-refractivity contribution in [3.05, 3.63) is 35.9 Å². The first kappa shape index (κ1) is 16.2. The molecule has 1 N–H and O–H groups in total. The molecule has 0 saturated heterocycles.